The number of nitrogens with zero attached hydrogens (tertiary/aromatic N) is 2. The molecular formula is C14H9ClN2O3. The van der Waals surface area contributed by atoms with Gasteiger partial charge in [0.25, 0.3) is 5.89 Å². The number of aromatic nitrogens is 2. The van der Waals surface area contributed by atoms with E-state index < -0.39 is 0 Å². The SMILES string of the molecule is Oc1ccc(-c2noc(-c3ccc(O)c(Cl)c3)n2)cc1. The molecule has 0 saturated heterocycles. The number of benzene rings is 2. The second kappa shape index (κ2) is 4.86. The molecule has 0 aliphatic carbocycles. The van der Waals surface area contributed by atoms with Crippen molar-refractivity contribution in [2.24, 2.45) is 0 Å². The van der Waals surface area contributed by atoms with Gasteiger partial charge in [0.15, 0.2) is 0 Å². The maximum absolute atomic E-state index is 9.38. The first-order chi connectivity index (χ1) is 9.63. The summed E-state index contributed by atoms with van der Waals surface area (Å²) in [6.45, 7) is 0. The fourth-order valence-electron chi connectivity index (χ4n) is 1.71. The average Bonchev–Trinajstić information content (AvgIpc) is 2.92. The minimum absolute atomic E-state index is 0.00584. The van der Waals surface area contributed by atoms with Gasteiger partial charge in [-0.05, 0) is 42.5 Å². The average molecular weight is 289 g/mol. The lowest BCUT2D eigenvalue weighted by atomic mass is 10.2. The third-order valence-corrected chi connectivity index (χ3v) is 3.05. The van der Waals surface area contributed by atoms with Gasteiger partial charge in [-0.2, -0.15) is 4.98 Å². The van der Waals surface area contributed by atoms with Crippen LogP contribution in [-0.4, -0.2) is 20.4 Å². The summed E-state index contributed by atoms with van der Waals surface area (Å²) in [6, 6.07) is 11.1. The lowest BCUT2D eigenvalue weighted by Crippen LogP contribution is -1.81. The van der Waals surface area contributed by atoms with E-state index in [0.29, 0.717) is 17.3 Å². The summed E-state index contributed by atoms with van der Waals surface area (Å²) in [4.78, 5) is 4.25. The van der Waals surface area contributed by atoms with Crippen molar-refractivity contribution in [2.45, 2.75) is 0 Å². The highest BCUT2D eigenvalue weighted by molar-refractivity contribution is 6.32. The number of halogens is 1. The Labute approximate surface area is 119 Å². The molecule has 0 spiro atoms. The van der Waals surface area contributed by atoms with E-state index >= 15 is 0 Å². The molecule has 0 fully saturated rings. The second-order valence-corrected chi connectivity index (χ2v) is 4.54. The summed E-state index contributed by atoms with van der Waals surface area (Å²) in [7, 11) is 0. The first kappa shape index (κ1) is 12.5. The van der Waals surface area contributed by atoms with Gasteiger partial charge in [-0.25, -0.2) is 0 Å². The molecule has 0 radical (unpaired) electrons. The first-order valence-electron chi connectivity index (χ1n) is 5.75. The lowest BCUT2D eigenvalue weighted by molar-refractivity contribution is 0.432. The zero-order chi connectivity index (χ0) is 14.1. The minimum atomic E-state index is -0.00584. The Bertz CT molecular complexity index is 753. The van der Waals surface area contributed by atoms with Gasteiger partial charge in [0, 0.05) is 11.1 Å². The van der Waals surface area contributed by atoms with Crippen molar-refractivity contribution < 1.29 is 14.7 Å². The summed E-state index contributed by atoms with van der Waals surface area (Å²) < 4.78 is 5.17. The fraction of sp³-hybridized carbons (Fsp3) is 0. The van der Waals surface area contributed by atoms with Gasteiger partial charge in [0.1, 0.15) is 11.5 Å². The van der Waals surface area contributed by atoms with Crippen molar-refractivity contribution >= 4 is 11.6 Å². The summed E-state index contributed by atoms with van der Waals surface area (Å²) in [5, 5.41) is 22.7. The van der Waals surface area contributed by atoms with Crippen molar-refractivity contribution in [3.63, 3.8) is 0 Å². The summed E-state index contributed by atoms with van der Waals surface area (Å²) in [6.07, 6.45) is 0. The number of hydrogen-bond acceptors (Lipinski definition) is 5. The zero-order valence-electron chi connectivity index (χ0n) is 10.1. The van der Waals surface area contributed by atoms with Crippen LogP contribution in [0, 0.1) is 0 Å². The van der Waals surface area contributed by atoms with Crippen LogP contribution >= 0.6 is 11.6 Å². The first-order valence-corrected chi connectivity index (χ1v) is 6.13. The van der Waals surface area contributed by atoms with Gasteiger partial charge in [-0.1, -0.05) is 16.8 Å². The van der Waals surface area contributed by atoms with Gasteiger partial charge in [-0.15, -0.1) is 0 Å². The fourth-order valence-corrected chi connectivity index (χ4v) is 1.89. The van der Waals surface area contributed by atoms with Crippen LogP contribution in [0.25, 0.3) is 22.8 Å². The van der Waals surface area contributed by atoms with Gasteiger partial charge in [-0.3, -0.25) is 0 Å². The van der Waals surface area contributed by atoms with Crippen molar-refractivity contribution in [2.75, 3.05) is 0 Å². The molecule has 0 unspecified atom stereocenters. The smallest absolute Gasteiger partial charge is 0.258 e. The summed E-state index contributed by atoms with van der Waals surface area (Å²) in [5.41, 5.74) is 1.34. The minimum Gasteiger partial charge on any atom is -0.508 e. The molecule has 0 aliphatic heterocycles. The Hall–Kier alpha value is -2.53. The molecular weight excluding hydrogens is 280 g/mol. The van der Waals surface area contributed by atoms with Crippen LogP contribution in [0.4, 0.5) is 0 Å². The predicted octanol–water partition coefficient (Wildman–Crippen LogP) is 3.47. The van der Waals surface area contributed by atoms with Crippen LogP contribution in [-0.2, 0) is 0 Å². The molecule has 0 bridgehead atoms. The quantitative estimate of drug-likeness (QED) is 0.755. The topological polar surface area (TPSA) is 79.4 Å². The molecule has 20 heavy (non-hydrogen) atoms. The van der Waals surface area contributed by atoms with Crippen LogP contribution in [0.1, 0.15) is 0 Å². The second-order valence-electron chi connectivity index (χ2n) is 4.14. The third-order valence-electron chi connectivity index (χ3n) is 2.75. The molecule has 5 nitrogen and oxygen atoms in total. The molecule has 6 heteroatoms. The van der Waals surface area contributed by atoms with Gasteiger partial charge in [0.05, 0.1) is 5.02 Å². The standard InChI is InChI=1S/C14H9ClN2O3/c15-11-7-9(3-6-12(11)19)14-16-13(17-20-14)8-1-4-10(18)5-2-8/h1-7,18-19H. The molecule has 100 valence electrons. The van der Waals surface area contributed by atoms with Gasteiger partial charge >= 0.3 is 0 Å². The molecule has 2 aromatic carbocycles. The van der Waals surface area contributed by atoms with Crippen LogP contribution in [0.5, 0.6) is 11.5 Å². The van der Waals surface area contributed by atoms with Gasteiger partial charge < -0.3 is 14.7 Å². The van der Waals surface area contributed by atoms with E-state index in [1.165, 1.54) is 6.07 Å². The summed E-state index contributed by atoms with van der Waals surface area (Å²) in [5.74, 6) is 0.871. The van der Waals surface area contributed by atoms with Crippen molar-refractivity contribution in [1.82, 2.24) is 10.1 Å². The molecule has 0 saturated carbocycles. The molecule has 0 aliphatic rings. The predicted molar refractivity (Wildman–Crippen MR) is 73.5 cm³/mol. The van der Waals surface area contributed by atoms with E-state index in [1.807, 2.05) is 0 Å². The zero-order valence-corrected chi connectivity index (χ0v) is 10.9. The lowest BCUT2D eigenvalue weighted by Gasteiger charge is -1.97. The molecule has 3 rings (SSSR count). The normalized spacial score (nSPS) is 10.7. The van der Waals surface area contributed by atoms with E-state index in [1.54, 1.807) is 36.4 Å². The highest BCUT2D eigenvalue weighted by atomic mass is 35.5. The Kier molecular flexibility index (Phi) is 3.04. The molecule has 1 aromatic heterocycles. The molecule has 0 amide bonds. The Morgan fingerprint density at radius 3 is 2.35 bits per heavy atom. The van der Waals surface area contributed by atoms with E-state index in [9.17, 15) is 10.2 Å². The van der Waals surface area contributed by atoms with Crippen LogP contribution in [0.15, 0.2) is 47.0 Å². The Morgan fingerprint density at radius 1 is 0.950 bits per heavy atom. The van der Waals surface area contributed by atoms with Crippen molar-refractivity contribution in [3.05, 3.63) is 47.5 Å². The summed E-state index contributed by atoms with van der Waals surface area (Å²) >= 11 is 5.84. The number of rotatable bonds is 2. The van der Waals surface area contributed by atoms with Crippen LogP contribution < -0.4 is 0 Å². The van der Waals surface area contributed by atoms with E-state index in [2.05, 4.69) is 10.1 Å². The monoisotopic (exact) mass is 288 g/mol. The van der Waals surface area contributed by atoms with Crippen LogP contribution in [0.3, 0.4) is 0 Å². The number of aromatic hydroxyl groups is 2. The Morgan fingerprint density at radius 2 is 1.65 bits per heavy atom. The van der Waals surface area contributed by atoms with E-state index in [4.69, 9.17) is 16.1 Å². The van der Waals surface area contributed by atoms with Crippen molar-refractivity contribution in [3.8, 4) is 34.3 Å². The molecule has 1 heterocycles. The molecule has 3 aromatic rings. The number of hydrogen-bond donors (Lipinski definition) is 2. The highest BCUT2D eigenvalue weighted by Crippen LogP contribution is 2.29. The van der Waals surface area contributed by atoms with E-state index in [0.717, 1.165) is 5.56 Å². The maximum atomic E-state index is 9.38. The van der Waals surface area contributed by atoms with E-state index in [-0.39, 0.29) is 16.5 Å². The maximum Gasteiger partial charge on any atom is 0.258 e. The Balaban J connectivity index is 1.97. The van der Waals surface area contributed by atoms with Crippen molar-refractivity contribution in [1.29, 1.82) is 0 Å². The van der Waals surface area contributed by atoms with Gasteiger partial charge in [0.2, 0.25) is 5.82 Å². The number of phenols is 2. The third kappa shape index (κ3) is 2.31. The van der Waals surface area contributed by atoms with Crippen LogP contribution in [0.2, 0.25) is 5.02 Å². The molecule has 2 N–H and O–H groups in total. The highest BCUT2D eigenvalue weighted by Gasteiger charge is 2.12. The molecule has 0 atom stereocenters. The number of phenolic OH excluding ortho intramolecular Hbond substituents is 2. The largest absolute Gasteiger partial charge is 0.508 e.